The van der Waals surface area contributed by atoms with Gasteiger partial charge < -0.3 is 4.74 Å². The van der Waals surface area contributed by atoms with E-state index < -0.39 is 5.92 Å². The van der Waals surface area contributed by atoms with Gasteiger partial charge in [-0.15, -0.1) is 11.8 Å². The average molecular weight is 208 g/mol. The molecule has 0 spiro atoms. The summed E-state index contributed by atoms with van der Waals surface area (Å²) in [5, 5.41) is 0. The minimum Gasteiger partial charge on any atom is -0.468 e. The zero-order chi connectivity index (χ0) is 11.3. The summed E-state index contributed by atoms with van der Waals surface area (Å²) in [6.07, 6.45) is 2.86. The lowest BCUT2D eigenvalue weighted by atomic mass is 9.91. The van der Waals surface area contributed by atoms with Gasteiger partial charge in [0.25, 0.3) is 0 Å². The molecule has 0 aromatic carbocycles. The van der Waals surface area contributed by atoms with Crippen LogP contribution in [0.1, 0.15) is 32.6 Å². The van der Waals surface area contributed by atoms with Crippen molar-refractivity contribution in [3.05, 3.63) is 0 Å². The van der Waals surface area contributed by atoms with Crippen LogP contribution < -0.4 is 0 Å². The molecule has 0 saturated heterocycles. The first-order valence-corrected chi connectivity index (χ1v) is 5.20. The summed E-state index contributed by atoms with van der Waals surface area (Å²) < 4.78 is 4.65. The third-order valence-corrected chi connectivity index (χ3v) is 2.85. The fourth-order valence-electron chi connectivity index (χ4n) is 2.06. The van der Waals surface area contributed by atoms with Crippen LogP contribution in [-0.2, 0) is 14.3 Å². The first-order valence-electron chi connectivity index (χ1n) is 5.20. The summed E-state index contributed by atoms with van der Waals surface area (Å²) in [5.41, 5.74) is 0. The molecule has 2 atom stereocenters. The smallest absolute Gasteiger partial charge is 0.316 e. The maximum Gasteiger partial charge on any atom is 0.316 e. The summed E-state index contributed by atoms with van der Waals surface area (Å²) >= 11 is 0. The predicted octanol–water partition coefficient (Wildman–Crippen LogP) is 1.56. The third kappa shape index (κ3) is 2.82. The second kappa shape index (κ2) is 5.55. The molecule has 1 aliphatic rings. The standard InChI is InChI=1S/C12H16O3/c1-3-4-5-6-9-7-8-10(13)11(9)12(14)15-2/h9,11H,5-8H2,1-2H3. The maximum atomic E-state index is 11.5. The Morgan fingerprint density at radius 3 is 2.93 bits per heavy atom. The Balaban J connectivity index is 2.58. The van der Waals surface area contributed by atoms with Crippen LogP contribution in [0.2, 0.25) is 0 Å². The topological polar surface area (TPSA) is 43.4 Å². The van der Waals surface area contributed by atoms with Gasteiger partial charge in [-0.05, 0) is 25.7 Å². The molecule has 3 nitrogen and oxygen atoms in total. The van der Waals surface area contributed by atoms with Crippen molar-refractivity contribution >= 4 is 11.8 Å². The van der Waals surface area contributed by atoms with Gasteiger partial charge in [-0.3, -0.25) is 9.59 Å². The van der Waals surface area contributed by atoms with Crippen LogP contribution in [0.25, 0.3) is 0 Å². The van der Waals surface area contributed by atoms with Crippen LogP contribution in [0.4, 0.5) is 0 Å². The molecule has 82 valence electrons. The molecule has 1 saturated carbocycles. The normalized spacial score (nSPS) is 24.5. The second-order valence-electron chi connectivity index (χ2n) is 3.73. The van der Waals surface area contributed by atoms with Crippen LogP contribution in [0.15, 0.2) is 0 Å². The van der Waals surface area contributed by atoms with E-state index in [1.54, 1.807) is 6.92 Å². The van der Waals surface area contributed by atoms with Gasteiger partial charge in [0.2, 0.25) is 0 Å². The molecule has 1 aliphatic carbocycles. The fraction of sp³-hybridized carbons (Fsp3) is 0.667. The third-order valence-electron chi connectivity index (χ3n) is 2.85. The summed E-state index contributed by atoms with van der Waals surface area (Å²) in [4.78, 5) is 22.9. The first-order chi connectivity index (χ1) is 7.20. The monoisotopic (exact) mass is 208 g/mol. The number of carbonyl (C=O) groups excluding carboxylic acids is 2. The largest absolute Gasteiger partial charge is 0.468 e. The molecule has 0 amide bonds. The lowest BCUT2D eigenvalue weighted by Gasteiger charge is -2.14. The summed E-state index contributed by atoms with van der Waals surface area (Å²) in [7, 11) is 1.33. The van der Waals surface area contributed by atoms with Crippen molar-refractivity contribution in [3.63, 3.8) is 0 Å². The predicted molar refractivity (Wildman–Crippen MR) is 55.9 cm³/mol. The molecule has 15 heavy (non-hydrogen) atoms. The Morgan fingerprint density at radius 2 is 2.33 bits per heavy atom. The van der Waals surface area contributed by atoms with E-state index >= 15 is 0 Å². The molecule has 0 aromatic rings. The van der Waals surface area contributed by atoms with Gasteiger partial charge in [0, 0.05) is 12.8 Å². The van der Waals surface area contributed by atoms with E-state index in [4.69, 9.17) is 0 Å². The van der Waals surface area contributed by atoms with Gasteiger partial charge in [-0.2, -0.15) is 0 Å². The molecule has 0 aromatic heterocycles. The molecule has 0 radical (unpaired) electrons. The summed E-state index contributed by atoms with van der Waals surface area (Å²) in [6, 6.07) is 0. The van der Waals surface area contributed by atoms with E-state index in [-0.39, 0.29) is 17.7 Å². The molecule has 3 heteroatoms. The molecule has 0 N–H and O–H groups in total. The van der Waals surface area contributed by atoms with Crippen molar-refractivity contribution < 1.29 is 14.3 Å². The van der Waals surface area contributed by atoms with Gasteiger partial charge >= 0.3 is 5.97 Å². The van der Waals surface area contributed by atoms with Crippen LogP contribution >= 0.6 is 0 Å². The number of carbonyl (C=O) groups is 2. The molecule has 0 aliphatic heterocycles. The van der Waals surface area contributed by atoms with Crippen molar-refractivity contribution in [2.45, 2.75) is 32.6 Å². The lowest BCUT2D eigenvalue weighted by Crippen LogP contribution is -2.26. The Bertz CT molecular complexity index is 309. The highest BCUT2D eigenvalue weighted by Crippen LogP contribution is 2.32. The summed E-state index contributed by atoms with van der Waals surface area (Å²) in [5.74, 6) is 5.00. The first kappa shape index (κ1) is 11.8. The minimum absolute atomic E-state index is 0.0244. The number of ether oxygens (including phenoxy) is 1. The van der Waals surface area contributed by atoms with Gasteiger partial charge in [0.05, 0.1) is 7.11 Å². The number of methoxy groups -OCH3 is 1. The highest BCUT2D eigenvalue weighted by atomic mass is 16.5. The number of esters is 1. The van der Waals surface area contributed by atoms with E-state index in [2.05, 4.69) is 16.6 Å². The van der Waals surface area contributed by atoms with Crippen molar-refractivity contribution in [2.75, 3.05) is 7.11 Å². The van der Waals surface area contributed by atoms with Crippen LogP contribution in [-0.4, -0.2) is 18.9 Å². The molecule has 0 heterocycles. The van der Waals surface area contributed by atoms with Crippen LogP contribution in [0.3, 0.4) is 0 Å². The summed E-state index contributed by atoms with van der Waals surface area (Å²) in [6.45, 7) is 1.79. The molecular formula is C12H16O3. The second-order valence-corrected chi connectivity index (χ2v) is 3.73. The van der Waals surface area contributed by atoms with Gasteiger partial charge in [-0.1, -0.05) is 0 Å². The van der Waals surface area contributed by atoms with E-state index in [1.165, 1.54) is 7.11 Å². The number of ketones is 1. The fourth-order valence-corrected chi connectivity index (χ4v) is 2.06. The molecule has 0 bridgehead atoms. The van der Waals surface area contributed by atoms with Crippen LogP contribution in [0.5, 0.6) is 0 Å². The number of Topliss-reactive ketones (excluding diaryl/α,β-unsaturated/α-hetero) is 1. The Morgan fingerprint density at radius 1 is 1.60 bits per heavy atom. The number of hydrogen-bond donors (Lipinski definition) is 0. The molecule has 1 rings (SSSR count). The average Bonchev–Trinajstić information content (AvgIpc) is 2.59. The van der Waals surface area contributed by atoms with Crippen molar-refractivity contribution in [1.29, 1.82) is 0 Å². The van der Waals surface area contributed by atoms with E-state index in [1.807, 2.05) is 0 Å². The van der Waals surface area contributed by atoms with Gasteiger partial charge in [0.1, 0.15) is 11.7 Å². The van der Waals surface area contributed by atoms with E-state index in [9.17, 15) is 9.59 Å². The van der Waals surface area contributed by atoms with Gasteiger partial charge in [0.15, 0.2) is 0 Å². The zero-order valence-corrected chi connectivity index (χ0v) is 9.21. The SMILES string of the molecule is CC#CCCC1CCC(=O)C1C(=O)OC. The molecular weight excluding hydrogens is 192 g/mol. The lowest BCUT2D eigenvalue weighted by molar-refractivity contribution is -0.149. The quantitative estimate of drug-likeness (QED) is 0.401. The van der Waals surface area contributed by atoms with Crippen LogP contribution in [0, 0.1) is 23.7 Å². The Labute approximate surface area is 90.2 Å². The van der Waals surface area contributed by atoms with E-state index in [0.29, 0.717) is 6.42 Å². The molecule has 1 fully saturated rings. The van der Waals surface area contributed by atoms with E-state index in [0.717, 1.165) is 19.3 Å². The highest BCUT2D eigenvalue weighted by molar-refractivity contribution is 6.00. The van der Waals surface area contributed by atoms with Crippen molar-refractivity contribution in [2.24, 2.45) is 11.8 Å². The number of hydrogen-bond acceptors (Lipinski definition) is 3. The Kier molecular flexibility index (Phi) is 4.36. The number of rotatable bonds is 3. The Hall–Kier alpha value is -1.30. The minimum atomic E-state index is -0.534. The van der Waals surface area contributed by atoms with Crippen molar-refractivity contribution in [3.8, 4) is 11.8 Å². The maximum absolute atomic E-state index is 11.5. The highest BCUT2D eigenvalue weighted by Gasteiger charge is 2.40. The molecule has 2 unspecified atom stereocenters. The zero-order valence-electron chi connectivity index (χ0n) is 9.21. The van der Waals surface area contributed by atoms with Crippen molar-refractivity contribution in [1.82, 2.24) is 0 Å². The van der Waals surface area contributed by atoms with Gasteiger partial charge in [-0.25, -0.2) is 0 Å².